The van der Waals surface area contributed by atoms with E-state index in [-0.39, 0.29) is 5.91 Å². The third-order valence-electron chi connectivity index (χ3n) is 3.04. The molecule has 1 amide bonds. The maximum Gasteiger partial charge on any atom is 0.275 e. The van der Waals surface area contributed by atoms with Gasteiger partial charge in [-0.3, -0.25) is 4.79 Å². The average molecular weight is 258 g/mol. The lowest BCUT2D eigenvalue weighted by Gasteiger charge is -2.11. The minimum absolute atomic E-state index is 0.199. The first-order chi connectivity index (χ1) is 9.10. The van der Waals surface area contributed by atoms with Gasteiger partial charge in [-0.05, 0) is 31.7 Å². The molecule has 1 aromatic carbocycles. The minimum atomic E-state index is -0.199. The van der Waals surface area contributed by atoms with Crippen LogP contribution in [0.4, 0.5) is 5.69 Å². The van der Waals surface area contributed by atoms with E-state index in [4.69, 9.17) is 0 Å². The van der Waals surface area contributed by atoms with Crippen LogP contribution >= 0.6 is 0 Å². The van der Waals surface area contributed by atoms with Crippen LogP contribution in [0.3, 0.4) is 0 Å². The number of nitrogens with zero attached hydrogens (tertiary/aromatic N) is 2. The maximum absolute atomic E-state index is 11.9. The Hall–Kier alpha value is -2.14. The Morgan fingerprint density at radius 2 is 2.00 bits per heavy atom. The number of amides is 1. The first kappa shape index (κ1) is 13.3. The van der Waals surface area contributed by atoms with E-state index < -0.39 is 0 Å². The highest BCUT2D eigenvalue weighted by Crippen LogP contribution is 2.16. The molecule has 1 unspecified atom stereocenters. The zero-order chi connectivity index (χ0) is 13.8. The summed E-state index contributed by atoms with van der Waals surface area (Å²) in [6.07, 6.45) is 3.29. The standard InChI is InChI=1S/C14H18N4O/c1-10(15-2)11-4-6-12(7-5-11)17-14(19)13-8-18(3)9-16-13/h4-10,15H,1-3H3,(H,17,19). The van der Waals surface area contributed by atoms with Gasteiger partial charge in [0.1, 0.15) is 5.69 Å². The van der Waals surface area contributed by atoms with Crippen molar-refractivity contribution in [2.45, 2.75) is 13.0 Å². The zero-order valence-electron chi connectivity index (χ0n) is 11.3. The Balaban J connectivity index is 2.05. The van der Waals surface area contributed by atoms with Crippen LogP contribution in [0.5, 0.6) is 0 Å². The highest BCUT2D eigenvalue weighted by molar-refractivity contribution is 6.02. The van der Waals surface area contributed by atoms with Crippen molar-refractivity contribution in [2.24, 2.45) is 7.05 Å². The Labute approximate surface area is 112 Å². The molecule has 0 spiro atoms. The molecule has 1 atom stereocenters. The quantitative estimate of drug-likeness (QED) is 0.881. The summed E-state index contributed by atoms with van der Waals surface area (Å²) in [6, 6.07) is 8.07. The van der Waals surface area contributed by atoms with Gasteiger partial charge in [0.05, 0.1) is 6.33 Å². The number of imidazole rings is 1. The van der Waals surface area contributed by atoms with Gasteiger partial charge in [0.25, 0.3) is 5.91 Å². The Bertz CT molecular complexity index is 559. The average Bonchev–Trinajstić information content (AvgIpc) is 2.85. The second kappa shape index (κ2) is 5.67. The van der Waals surface area contributed by atoms with Crippen molar-refractivity contribution in [2.75, 3.05) is 12.4 Å². The molecule has 0 radical (unpaired) electrons. The van der Waals surface area contributed by atoms with Crippen LogP contribution < -0.4 is 10.6 Å². The topological polar surface area (TPSA) is 58.9 Å². The van der Waals surface area contributed by atoms with Crippen molar-refractivity contribution in [1.82, 2.24) is 14.9 Å². The molecule has 19 heavy (non-hydrogen) atoms. The molecule has 2 aromatic rings. The summed E-state index contributed by atoms with van der Waals surface area (Å²) >= 11 is 0. The minimum Gasteiger partial charge on any atom is -0.340 e. The monoisotopic (exact) mass is 258 g/mol. The van der Waals surface area contributed by atoms with Crippen molar-refractivity contribution in [1.29, 1.82) is 0 Å². The molecule has 0 bridgehead atoms. The number of aromatic nitrogens is 2. The van der Waals surface area contributed by atoms with Gasteiger partial charge in [0.2, 0.25) is 0 Å². The first-order valence-electron chi connectivity index (χ1n) is 6.16. The molecule has 1 aromatic heterocycles. The van der Waals surface area contributed by atoms with Crippen molar-refractivity contribution in [3.63, 3.8) is 0 Å². The number of benzene rings is 1. The molecule has 0 aliphatic rings. The molecule has 0 aliphatic carbocycles. The van der Waals surface area contributed by atoms with E-state index in [1.165, 1.54) is 5.56 Å². The fourth-order valence-corrected chi connectivity index (χ4v) is 1.75. The van der Waals surface area contributed by atoms with Gasteiger partial charge in [-0.2, -0.15) is 0 Å². The van der Waals surface area contributed by atoms with E-state index in [0.29, 0.717) is 11.7 Å². The van der Waals surface area contributed by atoms with E-state index in [9.17, 15) is 4.79 Å². The van der Waals surface area contributed by atoms with Gasteiger partial charge < -0.3 is 15.2 Å². The molecular formula is C14H18N4O. The van der Waals surface area contributed by atoms with Crippen LogP contribution in [0.1, 0.15) is 29.0 Å². The van der Waals surface area contributed by atoms with Crippen molar-refractivity contribution in [3.8, 4) is 0 Å². The number of rotatable bonds is 4. The van der Waals surface area contributed by atoms with Crippen LogP contribution in [0.2, 0.25) is 0 Å². The summed E-state index contributed by atoms with van der Waals surface area (Å²) in [6.45, 7) is 2.08. The number of aryl methyl sites for hydroxylation is 1. The summed E-state index contributed by atoms with van der Waals surface area (Å²) in [5.41, 5.74) is 2.36. The molecule has 0 saturated carbocycles. The van der Waals surface area contributed by atoms with E-state index in [1.54, 1.807) is 17.1 Å². The molecular weight excluding hydrogens is 240 g/mol. The zero-order valence-corrected chi connectivity index (χ0v) is 11.3. The first-order valence-corrected chi connectivity index (χ1v) is 6.16. The largest absolute Gasteiger partial charge is 0.340 e. The van der Waals surface area contributed by atoms with E-state index >= 15 is 0 Å². The van der Waals surface area contributed by atoms with Gasteiger partial charge in [-0.25, -0.2) is 4.98 Å². The number of hydrogen-bond acceptors (Lipinski definition) is 3. The predicted molar refractivity (Wildman–Crippen MR) is 75.1 cm³/mol. The van der Waals surface area contributed by atoms with Gasteiger partial charge in [0.15, 0.2) is 0 Å². The number of carbonyl (C=O) groups is 1. The molecule has 100 valence electrons. The number of anilines is 1. The van der Waals surface area contributed by atoms with E-state index in [0.717, 1.165) is 5.69 Å². The molecule has 0 aliphatic heterocycles. The Morgan fingerprint density at radius 1 is 1.32 bits per heavy atom. The maximum atomic E-state index is 11.9. The van der Waals surface area contributed by atoms with Crippen LogP contribution in [-0.4, -0.2) is 22.5 Å². The van der Waals surface area contributed by atoms with Crippen LogP contribution in [-0.2, 0) is 7.05 Å². The van der Waals surface area contributed by atoms with E-state index in [2.05, 4.69) is 22.5 Å². The second-order valence-corrected chi connectivity index (χ2v) is 4.51. The second-order valence-electron chi connectivity index (χ2n) is 4.51. The lowest BCUT2D eigenvalue weighted by Crippen LogP contribution is -2.14. The summed E-state index contributed by atoms with van der Waals surface area (Å²) < 4.78 is 1.74. The summed E-state index contributed by atoms with van der Waals surface area (Å²) in [4.78, 5) is 15.9. The molecule has 1 heterocycles. The highest BCUT2D eigenvalue weighted by atomic mass is 16.1. The fourth-order valence-electron chi connectivity index (χ4n) is 1.75. The third-order valence-corrected chi connectivity index (χ3v) is 3.04. The molecule has 0 fully saturated rings. The number of hydrogen-bond donors (Lipinski definition) is 2. The van der Waals surface area contributed by atoms with Gasteiger partial charge in [-0.15, -0.1) is 0 Å². The predicted octanol–water partition coefficient (Wildman–Crippen LogP) is 1.95. The highest BCUT2D eigenvalue weighted by Gasteiger charge is 2.09. The number of carbonyl (C=O) groups excluding carboxylic acids is 1. The van der Waals surface area contributed by atoms with Gasteiger partial charge in [-0.1, -0.05) is 12.1 Å². The summed E-state index contributed by atoms with van der Waals surface area (Å²) in [5.74, 6) is -0.199. The molecule has 2 N–H and O–H groups in total. The normalized spacial score (nSPS) is 12.2. The Kier molecular flexibility index (Phi) is 3.97. The fraction of sp³-hybridized carbons (Fsp3) is 0.286. The lowest BCUT2D eigenvalue weighted by atomic mass is 10.1. The lowest BCUT2D eigenvalue weighted by molar-refractivity contribution is 0.102. The van der Waals surface area contributed by atoms with Crippen LogP contribution in [0, 0.1) is 0 Å². The van der Waals surface area contributed by atoms with Crippen LogP contribution in [0.15, 0.2) is 36.8 Å². The smallest absolute Gasteiger partial charge is 0.275 e. The molecule has 5 nitrogen and oxygen atoms in total. The SMILES string of the molecule is CNC(C)c1ccc(NC(=O)c2cn(C)cn2)cc1. The molecule has 2 rings (SSSR count). The van der Waals surface area contributed by atoms with Crippen molar-refractivity contribution < 1.29 is 4.79 Å². The molecule has 0 saturated heterocycles. The van der Waals surface area contributed by atoms with Crippen molar-refractivity contribution >= 4 is 11.6 Å². The third kappa shape index (κ3) is 3.20. The van der Waals surface area contributed by atoms with Gasteiger partial charge in [0, 0.05) is 25.0 Å². The van der Waals surface area contributed by atoms with Gasteiger partial charge >= 0.3 is 0 Å². The Morgan fingerprint density at radius 3 is 2.53 bits per heavy atom. The van der Waals surface area contributed by atoms with Crippen LogP contribution in [0.25, 0.3) is 0 Å². The molecule has 5 heteroatoms. The summed E-state index contributed by atoms with van der Waals surface area (Å²) in [7, 11) is 3.75. The summed E-state index contributed by atoms with van der Waals surface area (Å²) in [5, 5.41) is 5.99. The van der Waals surface area contributed by atoms with Crippen molar-refractivity contribution in [3.05, 3.63) is 48.0 Å². The number of nitrogens with one attached hydrogen (secondary N) is 2. The van der Waals surface area contributed by atoms with E-state index in [1.807, 2.05) is 38.4 Å².